The minimum atomic E-state index is -0.613. The molecule has 0 saturated heterocycles. The first-order valence-corrected chi connectivity index (χ1v) is 9.41. The number of nitrogens with zero attached hydrogens (tertiary/aromatic N) is 3. The van der Waals surface area contributed by atoms with Crippen LogP contribution < -0.4 is 20.1 Å². The lowest BCUT2D eigenvalue weighted by Gasteiger charge is -2.22. The summed E-state index contributed by atoms with van der Waals surface area (Å²) in [7, 11) is 1.91. The van der Waals surface area contributed by atoms with Gasteiger partial charge in [-0.3, -0.25) is 4.79 Å². The summed E-state index contributed by atoms with van der Waals surface area (Å²) in [4.78, 5) is 29.0. The molecule has 3 amide bonds. The van der Waals surface area contributed by atoms with Gasteiger partial charge in [-0.1, -0.05) is 18.9 Å². The number of carbonyl (C=O) groups is 2. The van der Waals surface area contributed by atoms with Crippen LogP contribution in [0, 0.1) is 6.92 Å². The number of imidazole rings is 1. The van der Waals surface area contributed by atoms with Gasteiger partial charge in [0, 0.05) is 12.6 Å². The standard InChI is InChI=1S/C20H23N5O3S/c1-11(2)28-17-9-8-13(19(21)26)10-16(17)25(29)20(27)23-14-6-5-7-15-18(14)22-12(3)24(15)4/h5-11,29H,1-4H3,(H2,21,26)(H,23,27). The van der Waals surface area contributed by atoms with E-state index in [9.17, 15) is 9.59 Å². The van der Waals surface area contributed by atoms with Gasteiger partial charge in [0.05, 0.1) is 23.0 Å². The number of primary amides is 1. The van der Waals surface area contributed by atoms with Crippen molar-refractivity contribution in [1.29, 1.82) is 0 Å². The molecule has 0 fully saturated rings. The van der Waals surface area contributed by atoms with Crippen molar-refractivity contribution in [3.8, 4) is 5.75 Å². The molecule has 3 rings (SSSR count). The summed E-state index contributed by atoms with van der Waals surface area (Å²) in [5, 5.41) is 2.82. The molecule has 152 valence electrons. The Labute approximate surface area is 174 Å². The van der Waals surface area contributed by atoms with Crippen LogP contribution in [-0.4, -0.2) is 27.6 Å². The van der Waals surface area contributed by atoms with Gasteiger partial charge in [0.2, 0.25) is 5.91 Å². The molecule has 3 aromatic rings. The molecule has 9 heteroatoms. The SMILES string of the molecule is Cc1nc2c(NC(=O)N(S)c3cc(C(N)=O)ccc3OC(C)C)cccc2n1C. The second-order valence-corrected chi connectivity index (χ2v) is 7.25. The Bertz CT molecular complexity index is 1090. The lowest BCUT2D eigenvalue weighted by atomic mass is 10.1. The van der Waals surface area contributed by atoms with Gasteiger partial charge in [0.25, 0.3) is 0 Å². The third kappa shape index (κ3) is 4.14. The molecular formula is C20H23N5O3S. The van der Waals surface area contributed by atoms with Crippen LogP contribution in [0.5, 0.6) is 5.75 Å². The quantitative estimate of drug-likeness (QED) is 0.556. The van der Waals surface area contributed by atoms with Crippen molar-refractivity contribution in [3.05, 3.63) is 47.8 Å². The van der Waals surface area contributed by atoms with Gasteiger partial charge in [-0.05, 0) is 51.1 Å². The van der Waals surface area contributed by atoms with E-state index < -0.39 is 11.9 Å². The van der Waals surface area contributed by atoms with Crippen molar-refractivity contribution in [3.63, 3.8) is 0 Å². The molecule has 8 nitrogen and oxygen atoms in total. The number of ether oxygens (including phenoxy) is 1. The average molecular weight is 414 g/mol. The third-order valence-electron chi connectivity index (χ3n) is 4.40. The van der Waals surface area contributed by atoms with Crippen LogP contribution in [0.2, 0.25) is 0 Å². The van der Waals surface area contributed by atoms with E-state index in [0.29, 0.717) is 22.6 Å². The number of anilines is 2. The fourth-order valence-electron chi connectivity index (χ4n) is 2.90. The van der Waals surface area contributed by atoms with E-state index in [0.717, 1.165) is 15.6 Å². The highest BCUT2D eigenvalue weighted by atomic mass is 32.1. The Morgan fingerprint density at radius 3 is 2.66 bits per heavy atom. The predicted molar refractivity (Wildman–Crippen MR) is 117 cm³/mol. The number of aromatic nitrogens is 2. The van der Waals surface area contributed by atoms with Crippen LogP contribution in [0.25, 0.3) is 11.0 Å². The van der Waals surface area contributed by atoms with Gasteiger partial charge in [-0.15, -0.1) is 0 Å². The molecule has 0 aliphatic heterocycles. The first kappa shape index (κ1) is 20.5. The number of amides is 3. The highest BCUT2D eigenvalue weighted by Gasteiger charge is 2.21. The number of nitrogens with two attached hydrogens (primary N) is 1. The number of rotatable bonds is 5. The maximum Gasteiger partial charge on any atom is 0.336 e. The van der Waals surface area contributed by atoms with Gasteiger partial charge >= 0.3 is 6.03 Å². The van der Waals surface area contributed by atoms with Crippen LogP contribution in [0.1, 0.15) is 30.0 Å². The number of hydrogen-bond donors (Lipinski definition) is 3. The predicted octanol–water partition coefficient (Wildman–Crippen LogP) is 3.65. The van der Waals surface area contributed by atoms with Gasteiger partial charge in [0.15, 0.2) is 0 Å². The van der Waals surface area contributed by atoms with E-state index in [-0.39, 0.29) is 11.7 Å². The summed E-state index contributed by atoms with van der Waals surface area (Å²) >= 11 is 4.34. The van der Waals surface area contributed by atoms with E-state index in [1.165, 1.54) is 6.07 Å². The molecule has 2 aromatic carbocycles. The minimum Gasteiger partial charge on any atom is -0.489 e. The Kier molecular flexibility index (Phi) is 5.69. The topological polar surface area (TPSA) is 102 Å². The smallest absolute Gasteiger partial charge is 0.336 e. The number of para-hydroxylation sites is 1. The summed E-state index contributed by atoms with van der Waals surface area (Å²) in [6.07, 6.45) is -0.136. The second kappa shape index (κ2) is 8.04. The lowest BCUT2D eigenvalue weighted by molar-refractivity contribution is 0.1000. The molecule has 0 saturated carbocycles. The molecule has 0 bridgehead atoms. The number of carbonyl (C=O) groups excluding carboxylic acids is 2. The number of urea groups is 1. The minimum absolute atomic E-state index is 0.136. The molecule has 0 aliphatic rings. The highest BCUT2D eigenvalue weighted by molar-refractivity contribution is 7.82. The molecule has 3 N–H and O–H groups in total. The highest BCUT2D eigenvalue weighted by Crippen LogP contribution is 2.33. The second-order valence-electron chi connectivity index (χ2n) is 6.85. The van der Waals surface area contributed by atoms with E-state index in [1.54, 1.807) is 18.2 Å². The summed E-state index contributed by atoms with van der Waals surface area (Å²) in [5.74, 6) is 0.617. The van der Waals surface area contributed by atoms with Crippen molar-refractivity contribution in [1.82, 2.24) is 9.55 Å². The summed E-state index contributed by atoms with van der Waals surface area (Å²) in [6.45, 7) is 5.61. The Morgan fingerprint density at radius 2 is 2.00 bits per heavy atom. The monoisotopic (exact) mass is 413 g/mol. The summed E-state index contributed by atoms with van der Waals surface area (Å²) < 4.78 is 8.77. The number of aryl methyl sites for hydroxylation is 2. The zero-order valence-electron chi connectivity index (χ0n) is 16.6. The van der Waals surface area contributed by atoms with Crippen molar-refractivity contribution in [2.75, 3.05) is 9.62 Å². The van der Waals surface area contributed by atoms with Gasteiger partial charge < -0.3 is 20.4 Å². The van der Waals surface area contributed by atoms with Crippen LogP contribution >= 0.6 is 12.8 Å². The summed E-state index contributed by atoms with van der Waals surface area (Å²) in [6, 6.07) is 9.60. The Hall–Kier alpha value is -3.20. The molecule has 0 aliphatic carbocycles. The fraction of sp³-hybridized carbons (Fsp3) is 0.250. The van der Waals surface area contributed by atoms with Crippen LogP contribution in [-0.2, 0) is 7.05 Å². The number of benzene rings is 2. The van der Waals surface area contributed by atoms with Gasteiger partial charge in [0.1, 0.15) is 17.1 Å². The fourth-order valence-corrected chi connectivity index (χ4v) is 3.11. The largest absolute Gasteiger partial charge is 0.489 e. The zero-order chi connectivity index (χ0) is 21.3. The molecule has 1 aromatic heterocycles. The van der Waals surface area contributed by atoms with Crippen molar-refractivity contribution in [2.45, 2.75) is 26.9 Å². The number of nitrogens with one attached hydrogen (secondary N) is 1. The van der Waals surface area contributed by atoms with Crippen LogP contribution in [0.15, 0.2) is 36.4 Å². The number of fused-ring (bicyclic) bond motifs is 1. The first-order chi connectivity index (χ1) is 13.7. The maximum atomic E-state index is 12.9. The molecule has 0 spiro atoms. The van der Waals surface area contributed by atoms with Crippen molar-refractivity contribution in [2.24, 2.45) is 12.8 Å². The van der Waals surface area contributed by atoms with Crippen LogP contribution in [0.4, 0.5) is 16.2 Å². The summed E-state index contributed by atoms with van der Waals surface area (Å²) in [5.41, 5.74) is 8.04. The third-order valence-corrected chi connectivity index (χ3v) is 4.80. The normalized spacial score (nSPS) is 11.0. The Balaban J connectivity index is 1.95. The number of hydrogen-bond acceptors (Lipinski definition) is 5. The molecule has 0 atom stereocenters. The van der Waals surface area contributed by atoms with E-state index >= 15 is 0 Å². The molecule has 0 radical (unpaired) electrons. The zero-order valence-corrected chi connectivity index (χ0v) is 17.5. The first-order valence-electron chi connectivity index (χ1n) is 9.01. The van der Waals surface area contributed by atoms with E-state index in [1.807, 2.05) is 44.5 Å². The average Bonchev–Trinajstić information content (AvgIpc) is 2.96. The molecule has 29 heavy (non-hydrogen) atoms. The molecule has 1 heterocycles. The lowest BCUT2D eigenvalue weighted by Crippen LogP contribution is -2.28. The maximum absolute atomic E-state index is 12.9. The van der Waals surface area contributed by atoms with Crippen molar-refractivity contribution >= 4 is 47.2 Å². The van der Waals surface area contributed by atoms with Crippen LogP contribution in [0.3, 0.4) is 0 Å². The van der Waals surface area contributed by atoms with Gasteiger partial charge in [-0.25, -0.2) is 14.1 Å². The Morgan fingerprint density at radius 1 is 1.28 bits per heavy atom. The number of thiol groups is 1. The van der Waals surface area contributed by atoms with Gasteiger partial charge in [-0.2, -0.15) is 0 Å². The molecular weight excluding hydrogens is 390 g/mol. The van der Waals surface area contributed by atoms with E-state index in [2.05, 4.69) is 23.1 Å². The van der Waals surface area contributed by atoms with Crippen molar-refractivity contribution < 1.29 is 14.3 Å². The molecule has 0 unspecified atom stereocenters. The van der Waals surface area contributed by atoms with E-state index in [4.69, 9.17) is 10.5 Å².